The van der Waals surface area contributed by atoms with Crippen LogP contribution in [0.5, 0.6) is 11.5 Å². The Morgan fingerprint density at radius 1 is 1.07 bits per heavy atom. The molecule has 0 radical (unpaired) electrons. The fourth-order valence-electron chi connectivity index (χ4n) is 4.17. The van der Waals surface area contributed by atoms with Gasteiger partial charge in [0.1, 0.15) is 17.3 Å². The maximum Gasteiger partial charge on any atom is 0.141 e. The number of nitrogens with zero attached hydrogens (tertiary/aromatic N) is 1. The zero-order valence-corrected chi connectivity index (χ0v) is 15.0. The van der Waals surface area contributed by atoms with E-state index in [1.807, 2.05) is 12.1 Å². The maximum atomic E-state index is 9.25. The number of rotatable bonds is 1. The quantitative estimate of drug-likeness (QED) is 0.552. The summed E-state index contributed by atoms with van der Waals surface area (Å²) in [5.41, 5.74) is 5.93. The third-order valence-corrected chi connectivity index (χ3v) is 5.39. The molecule has 0 aromatic heterocycles. The molecule has 0 saturated heterocycles. The second-order valence-corrected chi connectivity index (χ2v) is 6.78. The third-order valence-electron chi connectivity index (χ3n) is 5.39. The number of allylic oxidation sites excluding steroid dienone is 2. The summed E-state index contributed by atoms with van der Waals surface area (Å²) in [4.78, 5) is 0. The summed E-state index contributed by atoms with van der Waals surface area (Å²) >= 11 is 0. The number of fused-ring (bicyclic) bond motifs is 6. The summed E-state index contributed by atoms with van der Waals surface area (Å²) in [6.07, 6.45) is 3.33. The van der Waals surface area contributed by atoms with E-state index in [1.165, 1.54) is 22.8 Å². The van der Waals surface area contributed by atoms with E-state index in [0.717, 1.165) is 46.2 Å². The lowest BCUT2D eigenvalue weighted by Gasteiger charge is -2.31. The monoisotopic (exact) mass is 351 g/mol. The number of ether oxygens (including phenoxy) is 2. The van der Waals surface area contributed by atoms with E-state index in [0.29, 0.717) is 5.76 Å². The molecule has 0 unspecified atom stereocenters. The second-order valence-electron chi connectivity index (χ2n) is 6.78. The van der Waals surface area contributed by atoms with Gasteiger partial charge in [0.2, 0.25) is 0 Å². The van der Waals surface area contributed by atoms with E-state index in [2.05, 4.69) is 48.5 Å². The molecule has 0 amide bonds. The first-order valence-corrected chi connectivity index (χ1v) is 9.00. The first-order chi connectivity index (χ1) is 13.3. The summed E-state index contributed by atoms with van der Waals surface area (Å²) in [5, 5.41) is 11.5. The molecule has 3 aromatic carbocycles. The molecule has 3 aromatic rings. The molecule has 0 saturated carbocycles. The van der Waals surface area contributed by atoms with Crippen LogP contribution in [0.4, 0.5) is 0 Å². The van der Waals surface area contributed by atoms with Gasteiger partial charge in [0.05, 0.1) is 19.3 Å². The smallest absolute Gasteiger partial charge is 0.141 e. The van der Waals surface area contributed by atoms with Crippen molar-refractivity contribution < 1.29 is 9.47 Å². The van der Waals surface area contributed by atoms with Gasteiger partial charge in [-0.05, 0) is 52.9 Å². The highest BCUT2D eigenvalue weighted by molar-refractivity contribution is 6.04. The Morgan fingerprint density at radius 2 is 1.93 bits per heavy atom. The van der Waals surface area contributed by atoms with Gasteiger partial charge in [0.15, 0.2) is 0 Å². The Hall–Kier alpha value is -3.51. The Balaban J connectivity index is 1.91. The van der Waals surface area contributed by atoms with Crippen LogP contribution in [0.2, 0.25) is 0 Å². The van der Waals surface area contributed by atoms with Gasteiger partial charge < -0.3 is 9.47 Å². The van der Waals surface area contributed by atoms with Gasteiger partial charge in [-0.25, -0.2) is 0 Å². The molecular formula is C24H17NO2. The third kappa shape index (κ3) is 2.34. The predicted molar refractivity (Wildman–Crippen MR) is 106 cm³/mol. The first kappa shape index (κ1) is 15.7. The molecule has 0 N–H and O–H groups in total. The minimum atomic E-state index is 0.664. The molecule has 0 spiro atoms. The van der Waals surface area contributed by atoms with Crippen molar-refractivity contribution in [1.82, 2.24) is 0 Å². The van der Waals surface area contributed by atoms with Crippen molar-refractivity contribution >= 4 is 16.3 Å². The fraction of sp³-hybridized carbons (Fsp3) is 0.125. The summed E-state index contributed by atoms with van der Waals surface area (Å²) in [7, 11) is 1.68. The van der Waals surface area contributed by atoms with E-state index in [9.17, 15) is 5.26 Å². The lowest BCUT2D eigenvalue weighted by Crippen LogP contribution is -2.16. The van der Waals surface area contributed by atoms with Crippen molar-refractivity contribution in [3.63, 3.8) is 0 Å². The van der Waals surface area contributed by atoms with Crippen molar-refractivity contribution in [2.45, 2.75) is 12.8 Å². The fourth-order valence-corrected chi connectivity index (χ4v) is 4.17. The van der Waals surface area contributed by atoms with Crippen molar-refractivity contribution in [3.05, 3.63) is 88.7 Å². The highest BCUT2D eigenvalue weighted by atomic mass is 16.5. The van der Waals surface area contributed by atoms with Crippen LogP contribution in [-0.2, 0) is 6.42 Å². The van der Waals surface area contributed by atoms with Crippen LogP contribution in [0.1, 0.15) is 23.1 Å². The Morgan fingerprint density at radius 3 is 2.78 bits per heavy atom. The highest BCUT2D eigenvalue weighted by Crippen LogP contribution is 2.49. The van der Waals surface area contributed by atoms with Crippen LogP contribution in [0.25, 0.3) is 16.3 Å². The average Bonchev–Trinajstić information content (AvgIpc) is 2.72. The molecule has 0 atom stereocenters. The van der Waals surface area contributed by atoms with E-state index >= 15 is 0 Å². The van der Waals surface area contributed by atoms with Crippen LogP contribution in [0.15, 0.2) is 72.0 Å². The van der Waals surface area contributed by atoms with Gasteiger partial charge in [-0.15, -0.1) is 0 Å². The zero-order valence-electron chi connectivity index (χ0n) is 15.0. The van der Waals surface area contributed by atoms with Gasteiger partial charge >= 0.3 is 0 Å². The van der Waals surface area contributed by atoms with Crippen molar-refractivity contribution in [2.75, 3.05) is 7.11 Å². The van der Waals surface area contributed by atoms with E-state index in [1.54, 1.807) is 7.11 Å². The Kier molecular flexibility index (Phi) is 3.51. The summed E-state index contributed by atoms with van der Waals surface area (Å²) in [6.45, 7) is 0. The van der Waals surface area contributed by atoms with Crippen molar-refractivity contribution in [2.24, 2.45) is 0 Å². The second kappa shape index (κ2) is 6.03. The number of nitriles is 1. The van der Waals surface area contributed by atoms with Crippen LogP contribution in [0, 0.1) is 11.3 Å². The average molecular weight is 351 g/mol. The normalized spacial score (nSPS) is 16.2. The van der Waals surface area contributed by atoms with Gasteiger partial charge in [-0.1, -0.05) is 36.4 Å². The number of hydrogen-bond donors (Lipinski definition) is 0. The number of hydrogen-bond acceptors (Lipinski definition) is 3. The maximum absolute atomic E-state index is 9.25. The summed E-state index contributed by atoms with van der Waals surface area (Å²) in [5.74, 6) is 2.27. The topological polar surface area (TPSA) is 42.2 Å². The van der Waals surface area contributed by atoms with Gasteiger partial charge in [0.25, 0.3) is 0 Å². The molecule has 5 rings (SSSR count). The van der Waals surface area contributed by atoms with Crippen LogP contribution >= 0.6 is 0 Å². The SMILES string of the molecule is COc1ccc2ccc3c(c2c1)C1=C(CCc2ccccc21)/C(=C\C#N)O3. The van der Waals surface area contributed by atoms with Crippen molar-refractivity contribution in [1.29, 1.82) is 5.26 Å². The molecular weight excluding hydrogens is 334 g/mol. The molecule has 1 aliphatic heterocycles. The van der Waals surface area contributed by atoms with Gasteiger partial charge in [-0.2, -0.15) is 5.26 Å². The Bertz CT molecular complexity index is 1190. The Labute approximate surface area is 157 Å². The summed E-state index contributed by atoms with van der Waals surface area (Å²) < 4.78 is 11.6. The van der Waals surface area contributed by atoms with Crippen LogP contribution in [-0.4, -0.2) is 7.11 Å². The molecule has 1 aliphatic carbocycles. The molecule has 1 heterocycles. The predicted octanol–water partition coefficient (Wildman–Crippen LogP) is 5.40. The van der Waals surface area contributed by atoms with Crippen molar-refractivity contribution in [3.8, 4) is 17.6 Å². The highest BCUT2D eigenvalue weighted by Gasteiger charge is 2.31. The van der Waals surface area contributed by atoms with Gasteiger partial charge in [-0.3, -0.25) is 0 Å². The number of methoxy groups -OCH3 is 1. The van der Waals surface area contributed by atoms with Crippen LogP contribution in [0.3, 0.4) is 0 Å². The van der Waals surface area contributed by atoms with E-state index in [4.69, 9.17) is 9.47 Å². The molecule has 3 nitrogen and oxygen atoms in total. The van der Waals surface area contributed by atoms with Crippen LogP contribution < -0.4 is 9.47 Å². The molecule has 27 heavy (non-hydrogen) atoms. The largest absolute Gasteiger partial charge is 0.497 e. The molecule has 0 fully saturated rings. The minimum Gasteiger partial charge on any atom is -0.497 e. The van der Waals surface area contributed by atoms with E-state index < -0.39 is 0 Å². The van der Waals surface area contributed by atoms with Gasteiger partial charge in [0, 0.05) is 16.7 Å². The molecule has 130 valence electrons. The zero-order chi connectivity index (χ0) is 18.4. The molecule has 2 aliphatic rings. The standard InChI is InChI=1S/C24H17NO2/c1-26-17-9-6-16-8-11-22-24(20(16)14-17)23-18-5-3-2-4-15(18)7-10-19(23)21(27-22)12-13-25/h2-6,8-9,11-12,14H,7,10H2,1H3/b21-12+. The lowest BCUT2D eigenvalue weighted by atomic mass is 9.78. The van der Waals surface area contributed by atoms with E-state index in [-0.39, 0.29) is 0 Å². The number of benzene rings is 3. The molecule has 0 bridgehead atoms. The first-order valence-electron chi connectivity index (χ1n) is 9.00. The molecule has 3 heteroatoms. The summed E-state index contributed by atoms with van der Waals surface area (Å²) in [6, 6.07) is 20.8. The lowest BCUT2D eigenvalue weighted by molar-refractivity contribution is 0.415. The minimum absolute atomic E-state index is 0.664. The number of aryl methyl sites for hydroxylation is 1.